The van der Waals surface area contributed by atoms with Gasteiger partial charge in [0.25, 0.3) is 5.91 Å². The molecule has 2 aliphatic heterocycles. The smallest absolute Gasteiger partial charge is 0.324 e. The van der Waals surface area contributed by atoms with E-state index >= 15 is 0 Å². The Bertz CT molecular complexity index is 2400. The fraction of sp³-hybridized carbons (Fsp3) is 0.511. The zero-order valence-electron chi connectivity index (χ0n) is 35.7. The predicted octanol–water partition coefficient (Wildman–Crippen LogP) is 6.52. The number of pyridine rings is 1. The molecule has 6 heterocycles. The lowest BCUT2D eigenvalue weighted by Crippen LogP contribution is -2.61. The van der Waals surface area contributed by atoms with Crippen LogP contribution in [0, 0.1) is 17.3 Å². The van der Waals surface area contributed by atoms with Gasteiger partial charge in [-0.05, 0) is 81.8 Å². The molecule has 7 atom stereocenters. The molecule has 1 saturated carbocycles. The number of cyclic esters (lactones) is 1. The average Bonchev–Trinajstić information content (AvgIpc) is 3.59. The number of methoxy groups -OCH3 is 1. The lowest BCUT2D eigenvalue weighted by Gasteiger charge is -2.37. The predicted molar refractivity (Wildman–Crippen MR) is 229 cm³/mol. The fourth-order valence-corrected chi connectivity index (χ4v) is 10.0. The Morgan fingerprint density at radius 2 is 2.00 bits per heavy atom. The highest BCUT2D eigenvalue weighted by Gasteiger charge is 2.55. The van der Waals surface area contributed by atoms with Crippen molar-refractivity contribution in [2.45, 2.75) is 97.6 Å². The number of ether oxygens (including phenoxy) is 3. The van der Waals surface area contributed by atoms with Crippen molar-refractivity contribution >= 4 is 40.0 Å². The van der Waals surface area contributed by atoms with E-state index in [1.54, 1.807) is 18.0 Å². The summed E-state index contributed by atoms with van der Waals surface area (Å²) in [7, 11) is 3.55. The summed E-state index contributed by atoms with van der Waals surface area (Å²) < 4.78 is 22.4. The molecule has 318 valence electrons. The number of hydrogen-bond donors (Lipinski definition) is 2. The first-order chi connectivity index (χ1) is 28.8. The number of carbonyl (C=O) groups is 3. The third-order valence-electron chi connectivity index (χ3n) is 12.3. The maximum absolute atomic E-state index is 14.7. The molecule has 1 aromatic carbocycles. The number of rotatable bonds is 9. The number of carbonyl (C=O) groups excluding carboxylic acids is 3. The summed E-state index contributed by atoms with van der Waals surface area (Å²) in [6.07, 6.45) is 4.18. The lowest BCUT2D eigenvalue weighted by atomic mass is 9.84. The molecule has 4 aromatic heterocycles. The normalized spacial score (nSPS) is 24.8. The van der Waals surface area contributed by atoms with Gasteiger partial charge in [-0.25, -0.2) is 10.4 Å². The molecule has 0 spiro atoms. The van der Waals surface area contributed by atoms with Gasteiger partial charge in [-0.2, -0.15) is 5.10 Å². The summed E-state index contributed by atoms with van der Waals surface area (Å²) in [5.74, 6) is -1.47. The van der Waals surface area contributed by atoms with Crippen molar-refractivity contribution in [2.24, 2.45) is 24.3 Å². The zero-order chi connectivity index (χ0) is 42.5. The van der Waals surface area contributed by atoms with Gasteiger partial charge in [0.15, 0.2) is 0 Å². The molecule has 6 bridgehead atoms. The second-order valence-corrected chi connectivity index (χ2v) is 18.0. The maximum Gasteiger partial charge on any atom is 0.324 e. The minimum Gasteiger partial charge on any atom is -0.464 e. The van der Waals surface area contributed by atoms with Gasteiger partial charge in [0.1, 0.15) is 23.2 Å². The van der Waals surface area contributed by atoms with Crippen molar-refractivity contribution in [3.05, 3.63) is 76.1 Å². The number of hydrogen-bond acceptors (Lipinski definition) is 11. The van der Waals surface area contributed by atoms with Crippen LogP contribution in [0.4, 0.5) is 0 Å². The molecule has 3 aliphatic rings. The van der Waals surface area contributed by atoms with Crippen LogP contribution in [0.3, 0.4) is 0 Å². The number of aromatic nitrogens is 5. The van der Waals surface area contributed by atoms with Gasteiger partial charge in [-0.1, -0.05) is 26.8 Å². The van der Waals surface area contributed by atoms with E-state index in [0.29, 0.717) is 37.4 Å². The molecule has 8 rings (SSSR count). The summed E-state index contributed by atoms with van der Waals surface area (Å²) in [6, 6.07) is 10.5. The third-order valence-corrected chi connectivity index (χ3v) is 13.3. The van der Waals surface area contributed by atoms with E-state index in [9.17, 15) is 14.4 Å². The molecule has 1 aliphatic carbocycles. The van der Waals surface area contributed by atoms with Crippen molar-refractivity contribution in [3.63, 3.8) is 0 Å². The van der Waals surface area contributed by atoms with E-state index in [2.05, 4.69) is 65.4 Å². The number of fused-ring (bicyclic) bond motifs is 6. The summed E-state index contributed by atoms with van der Waals surface area (Å²) in [4.78, 5) is 52.8. The zero-order valence-corrected chi connectivity index (χ0v) is 36.5. The fourth-order valence-electron chi connectivity index (χ4n) is 9.12. The van der Waals surface area contributed by atoms with Gasteiger partial charge >= 0.3 is 5.97 Å². The largest absolute Gasteiger partial charge is 0.464 e. The van der Waals surface area contributed by atoms with Crippen LogP contribution in [0.5, 0.6) is 0 Å². The molecule has 2 N–H and O–H groups in total. The lowest BCUT2D eigenvalue weighted by molar-refractivity contribution is -0.156. The van der Waals surface area contributed by atoms with Crippen molar-refractivity contribution in [1.29, 1.82) is 0 Å². The number of nitrogens with one attached hydrogen (secondary N) is 2. The molecule has 14 nitrogen and oxygen atoms in total. The van der Waals surface area contributed by atoms with Crippen LogP contribution < -0.4 is 10.7 Å². The average molecular weight is 837 g/mol. The van der Waals surface area contributed by atoms with Crippen LogP contribution in [-0.2, 0) is 48.6 Å². The number of aryl methyl sites for hydroxylation is 2. The SMILES string of the molecule is CCO[C@@H]1c2nc(cs2)-c2ccc3c(c2)c(c(-c2cccnc2[C@H](C)OC)n3CC)CC(C)(C)COC(=O)[C@@H]2CCCN(N2)C(=O)[C@H]1NC(=O)[C@@H]1[C@@H](C)[C@H]1c1ccn(C)n1. The molecule has 2 amide bonds. The van der Waals surface area contributed by atoms with E-state index in [-0.39, 0.29) is 43.0 Å². The number of thiazole rings is 1. The molecule has 5 aromatic rings. The van der Waals surface area contributed by atoms with Gasteiger partial charge in [0.2, 0.25) is 5.91 Å². The number of esters is 1. The van der Waals surface area contributed by atoms with E-state index in [1.165, 1.54) is 16.3 Å². The number of hydrazine groups is 1. The quantitative estimate of drug-likeness (QED) is 0.157. The van der Waals surface area contributed by atoms with Crippen molar-refractivity contribution in [1.82, 2.24) is 40.1 Å². The monoisotopic (exact) mass is 836 g/mol. The van der Waals surface area contributed by atoms with Gasteiger partial charge < -0.3 is 24.1 Å². The van der Waals surface area contributed by atoms with Crippen LogP contribution in [-0.4, -0.2) is 86.1 Å². The van der Waals surface area contributed by atoms with Gasteiger partial charge in [0.05, 0.1) is 35.5 Å². The number of amides is 2. The van der Waals surface area contributed by atoms with Crippen LogP contribution in [0.2, 0.25) is 0 Å². The van der Waals surface area contributed by atoms with Crippen LogP contribution in [0.25, 0.3) is 33.4 Å². The maximum atomic E-state index is 14.7. The summed E-state index contributed by atoms with van der Waals surface area (Å²) in [6.45, 7) is 13.7. The first kappa shape index (κ1) is 41.8. The Hall–Kier alpha value is -4.96. The minimum atomic E-state index is -1.13. The number of benzene rings is 1. The second-order valence-electron chi connectivity index (χ2n) is 17.1. The standard InChI is InChI=1S/C45H56N8O6S/c1-9-52-34-16-15-27-21-29(34)30(39(52)28-13-11-18-46-37(28)26(4)57-8)22-45(5,6)24-59-44(56)32-14-12-19-53(50-32)43(55)38(40(58-10-2)42-47-33(27)23-60-42)48-41(54)36-25(3)35(36)31-17-20-51(7)49-31/h11,13,15-18,20-21,23,25-26,32,35-36,38,40,50H,9-10,12,14,19,22,24H2,1-8H3,(H,48,54)/t25-,26-,32-,35-,36+,38-,40-/m0/s1. The molecule has 1 saturated heterocycles. The van der Waals surface area contributed by atoms with Crippen LogP contribution in [0.1, 0.15) is 94.5 Å². The van der Waals surface area contributed by atoms with Crippen molar-refractivity contribution < 1.29 is 28.6 Å². The highest BCUT2D eigenvalue weighted by Crippen LogP contribution is 2.53. The Morgan fingerprint density at radius 3 is 2.73 bits per heavy atom. The van der Waals surface area contributed by atoms with Gasteiger partial charge in [0, 0.05) is 90.9 Å². The van der Waals surface area contributed by atoms with Crippen LogP contribution in [0.15, 0.2) is 54.2 Å². The van der Waals surface area contributed by atoms with Crippen molar-refractivity contribution in [2.75, 3.05) is 26.9 Å². The minimum absolute atomic E-state index is 0.0405. The molecule has 60 heavy (non-hydrogen) atoms. The molecule has 2 fully saturated rings. The summed E-state index contributed by atoms with van der Waals surface area (Å²) >= 11 is 1.40. The van der Waals surface area contributed by atoms with Gasteiger partial charge in [-0.3, -0.25) is 29.1 Å². The third kappa shape index (κ3) is 7.88. The van der Waals surface area contributed by atoms with Crippen LogP contribution >= 0.6 is 11.3 Å². The highest BCUT2D eigenvalue weighted by molar-refractivity contribution is 7.10. The number of nitrogens with zero attached hydrogens (tertiary/aromatic N) is 6. The second kappa shape index (κ2) is 16.8. The first-order valence-electron chi connectivity index (χ1n) is 21.1. The molecule has 15 heteroatoms. The Labute approximate surface area is 355 Å². The van der Waals surface area contributed by atoms with E-state index < -0.39 is 35.5 Å². The topological polar surface area (TPSA) is 155 Å². The molecular formula is C45H56N8O6S. The Morgan fingerprint density at radius 1 is 1.18 bits per heavy atom. The summed E-state index contributed by atoms with van der Waals surface area (Å²) in [5.41, 5.74) is 10.2. The molecular weight excluding hydrogens is 781 g/mol. The first-order valence-corrected chi connectivity index (χ1v) is 22.0. The van der Waals surface area contributed by atoms with Gasteiger partial charge in [-0.15, -0.1) is 11.3 Å². The van der Waals surface area contributed by atoms with Crippen molar-refractivity contribution in [3.8, 4) is 22.5 Å². The van der Waals surface area contributed by atoms with E-state index in [1.807, 2.05) is 51.5 Å². The Kier molecular flexibility index (Phi) is 11.7. The van der Waals surface area contributed by atoms with E-state index in [4.69, 9.17) is 24.2 Å². The molecule has 0 radical (unpaired) electrons. The summed E-state index contributed by atoms with van der Waals surface area (Å²) in [5, 5.41) is 12.8. The Balaban J connectivity index is 1.25. The highest BCUT2D eigenvalue weighted by atomic mass is 32.1. The van der Waals surface area contributed by atoms with E-state index in [0.717, 1.165) is 50.4 Å². The molecule has 0 unspecified atom stereocenters.